The van der Waals surface area contributed by atoms with Gasteiger partial charge in [-0.2, -0.15) is 0 Å². The van der Waals surface area contributed by atoms with Gasteiger partial charge in [0.1, 0.15) is 5.82 Å². The zero-order valence-corrected chi connectivity index (χ0v) is 19.6. The number of rotatable bonds is 3. The van der Waals surface area contributed by atoms with Crippen LogP contribution >= 0.6 is 0 Å². The number of para-hydroxylation sites is 2. The molecule has 1 heterocycles. The lowest BCUT2D eigenvalue weighted by Crippen LogP contribution is -1.99. The standard InChI is InChI=1S/C33H24N2/c1-2-33-34-31-13-7-8-14-32(31)35(33)24-18-15-22(16-19-24)23-17-20-29-27-11-4-3-9-25(27)26-10-5-6-12-28(26)30(29)21-23/h3-21H,2H2,1H3. The van der Waals surface area contributed by atoms with Crippen molar-refractivity contribution in [3.63, 3.8) is 0 Å². The summed E-state index contributed by atoms with van der Waals surface area (Å²) in [6.45, 7) is 2.16. The van der Waals surface area contributed by atoms with Crippen molar-refractivity contribution in [2.45, 2.75) is 13.3 Å². The van der Waals surface area contributed by atoms with Gasteiger partial charge in [0.2, 0.25) is 0 Å². The number of hydrogen-bond acceptors (Lipinski definition) is 1. The van der Waals surface area contributed by atoms with Crippen LogP contribution in [0.5, 0.6) is 0 Å². The van der Waals surface area contributed by atoms with Crippen LogP contribution in [-0.2, 0) is 6.42 Å². The Labute approximate surface area is 204 Å². The van der Waals surface area contributed by atoms with E-state index >= 15 is 0 Å². The third-order valence-corrected chi connectivity index (χ3v) is 7.15. The Hall–Kier alpha value is -4.43. The van der Waals surface area contributed by atoms with Gasteiger partial charge in [-0.05, 0) is 73.8 Å². The van der Waals surface area contributed by atoms with Crippen LogP contribution in [0.25, 0.3) is 60.2 Å². The van der Waals surface area contributed by atoms with Crippen LogP contribution in [0, 0.1) is 0 Å². The fraction of sp³-hybridized carbons (Fsp3) is 0.0606. The van der Waals surface area contributed by atoms with Crippen molar-refractivity contribution in [2.24, 2.45) is 0 Å². The molecular weight excluding hydrogens is 424 g/mol. The fourth-order valence-electron chi connectivity index (χ4n) is 5.49. The van der Waals surface area contributed by atoms with E-state index in [-0.39, 0.29) is 0 Å². The van der Waals surface area contributed by atoms with Crippen LogP contribution < -0.4 is 0 Å². The molecule has 6 aromatic carbocycles. The predicted molar refractivity (Wildman–Crippen MR) is 148 cm³/mol. The Morgan fingerprint density at radius 2 is 1.09 bits per heavy atom. The quantitative estimate of drug-likeness (QED) is 0.247. The molecule has 7 rings (SSSR count). The minimum Gasteiger partial charge on any atom is -0.296 e. The van der Waals surface area contributed by atoms with Crippen molar-refractivity contribution in [1.82, 2.24) is 9.55 Å². The van der Waals surface area contributed by atoms with E-state index in [1.54, 1.807) is 0 Å². The van der Waals surface area contributed by atoms with Crippen molar-refractivity contribution in [3.05, 3.63) is 121 Å². The Kier molecular flexibility index (Phi) is 4.46. The molecule has 1 aromatic heterocycles. The second-order valence-corrected chi connectivity index (χ2v) is 9.10. The predicted octanol–water partition coefficient (Wildman–Crippen LogP) is 8.71. The van der Waals surface area contributed by atoms with Gasteiger partial charge in [-0.25, -0.2) is 4.98 Å². The number of aryl methyl sites for hydroxylation is 1. The molecule has 0 aliphatic rings. The van der Waals surface area contributed by atoms with E-state index < -0.39 is 0 Å². The first kappa shape index (κ1) is 20.0. The van der Waals surface area contributed by atoms with Crippen LogP contribution in [0.15, 0.2) is 115 Å². The van der Waals surface area contributed by atoms with E-state index in [4.69, 9.17) is 4.98 Å². The third-order valence-electron chi connectivity index (χ3n) is 7.15. The molecule has 0 spiro atoms. The highest BCUT2D eigenvalue weighted by Gasteiger charge is 2.12. The van der Waals surface area contributed by atoms with E-state index in [2.05, 4.69) is 127 Å². The van der Waals surface area contributed by atoms with E-state index in [0.717, 1.165) is 29.0 Å². The monoisotopic (exact) mass is 448 g/mol. The molecule has 0 aliphatic carbocycles. The largest absolute Gasteiger partial charge is 0.296 e. The molecule has 166 valence electrons. The van der Waals surface area contributed by atoms with Gasteiger partial charge in [0.25, 0.3) is 0 Å². The average Bonchev–Trinajstić information content (AvgIpc) is 3.32. The minimum atomic E-state index is 0.891. The lowest BCUT2D eigenvalue weighted by atomic mass is 9.92. The van der Waals surface area contributed by atoms with E-state index in [1.807, 2.05) is 0 Å². The van der Waals surface area contributed by atoms with Crippen LogP contribution in [0.4, 0.5) is 0 Å². The highest BCUT2D eigenvalue weighted by atomic mass is 15.1. The molecule has 0 aliphatic heterocycles. The van der Waals surface area contributed by atoms with Crippen molar-refractivity contribution in [3.8, 4) is 16.8 Å². The summed E-state index contributed by atoms with van der Waals surface area (Å²) in [6.07, 6.45) is 0.891. The first-order chi connectivity index (χ1) is 17.3. The second kappa shape index (κ2) is 7.82. The molecular formula is C33H24N2. The zero-order chi connectivity index (χ0) is 23.4. The molecule has 0 unspecified atom stereocenters. The maximum Gasteiger partial charge on any atom is 0.114 e. The Morgan fingerprint density at radius 3 is 1.74 bits per heavy atom. The van der Waals surface area contributed by atoms with E-state index in [9.17, 15) is 0 Å². The van der Waals surface area contributed by atoms with Gasteiger partial charge in [-0.3, -0.25) is 4.57 Å². The van der Waals surface area contributed by atoms with Gasteiger partial charge in [-0.1, -0.05) is 91.9 Å². The average molecular weight is 449 g/mol. The van der Waals surface area contributed by atoms with Gasteiger partial charge in [0.15, 0.2) is 0 Å². The van der Waals surface area contributed by atoms with Crippen molar-refractivity contribution in [2.75, 3.05) is 0 Å². The smallest absolute Gasteiger partial charge is 0.114 e. The number of aromatic nitrogens is 2. The van der Waals surface area contributed by atoms with Gasteiger partial charge >= 0.3 is 0 Å². The van der Waals surface area contributed by atoms with Crippen LogP contribution in [0.3, 0.4) is 0 Å². The molecule has 35 heavy (non-hydrogen) atoms. The van der Waals surface area contributed by atoms with Crippen molar-refractivity contribution < 1.29 is 0 Å². The third kappa shape index (κ3) is 3.07. The summed E-state index contributed by atoms with van der Waals surface area (Å²) in [7, 11) is 0. The van der Waals surface area contributed by atoms with Crippen LogP contribution in [0.1, 0.15) is 12.7 Å². The molecule has 2 heteroatoms. The highest BCUT2D eigenvalue weighted by Crippen LogP contribution is 2.37. The first-order valence-corrected chi connectivity index (χ1v) is 12.2. The number of fused-ring (bicyclic) bond motifs is 7. The molecule has 7 aromatic rings. The van der Waals surface area contributed by atoms with Crippen LogP contribution in [0.2, 0.25) is 0 Å². The topological polar surface area (TPSA) is 17.8 Å². The molecule has 2 nitrogen and oxygen atoms in total. The molecule has 0 atom stereocenters. The van der Waals surface area contributed by atoms with E-state index in [0.29, 0.717) is 0 Å². The van der Waals surface area contributed by atoms with E-state index in [1.165, 1.54) is 43.4 Å². The molecule has 0 fully saturated rings. The minimum absolute atomic E-state index is 0.891. The van der Waals surface area contributed by atoms with Crippen LogP contribution in [-0.4, -0.2) is 9.55 Å². The number of nitrogens with zero attached hydrogens (tertiary/aromatic N) is 2. The van der Waals surface area contributed by atoms with Gasteiger partial charge in [0.05, 0.1) is 11.0 Å². The zero-order valence-electron chi connectivity index (χ0n) is 19.6. The number of hydrogen-bond donors (Lipinski definition) is 0. The summed E-state index contributed by atoms with van der Waals surface area (Å²) in [5.41, 5.74) is 5.80. The fourth-order valence-corrected chi connectivity index (χ4v) is 5.49. The van der Waals surface area contributed by atoms with Crippen molar-refractivity contribution in [1.29, 1.82) is 0 Å². The van der Waals surface area contributed by atoms with Gasteiger partial charge < -0.3 is 0 Å². The lowest BCUT2D eigenvalue weighted by molar-refractivity contribution is 0.908. The number of imidazole rings is 1. The molecule has 0 bridgehead atoms. The highest BCUT2D eigenvalue weighted by molar-refractivity contribution is 6.25. The Bertz CT molecular complexity index is 1840. The van der Waals surface area contributed by atoms with Crippen molar-refractivity contribution >= 4 is 43.4 Å². The summed E-state index contributed by atoms with van der Waals surface area (Å²) in [4.78, 5) is 4.84. The maximum atomic E-state index is 4.84. The SMILES string of the molecule is CCc1nc2ccccc2n1-c1ccc(-c2ccc3c4ccccc4c4ccccc4c3c2)cc1. The van der Waals surface area contributed by atoms with Gasteiger partial charge in [0, 0.05) is 12.1 Å². The summed E-state index contributed by atoms with van der Waals surface area (Å²) in [5.74, 6) is 1.09. The maximum absolute atomic E-state index is 4.84. The summed E-state index contributed by atoms with van der Waals surface area (Å²) in [5, 5.41) is 7.83. The molecule has 0 saturated carbocycles. The summed E-state index contributed by atoms with van der Waals surface area (Å²) < 4.78 is 2.28. The normalized spacial score (nSPS) is 11.7. The number of benzene rings is 6. The molecule has 0 amide bonds. The summed E-state index contributed by atoms with van der Waals surface area (Å²) in [6, 6.07) is 41.6. The second-order valence-electron chi connectivity index (χ2n) is 9.10. The molecule has 0 radical (unpaired) electrons. The summed E-state index contributed by atoms with van der Waals surface area (Å²) >= 11 is 0. The molecule has 0 saturated heterocycles. The Balaban J connectivity index is 1.39. The van der Waals surface area contributed by atoms with Gasteiger partial charge in [-0.15, -0.1) is 0 Å². The Morgan fingerprint density at radius 1 is 0.543 bits per heavy atom. The molecule has 0 N–H and O–H groups in total. The first-order valence-electron chi connectivity index (χ1n) is 12.2. The lowest BCUT2D eigenvalue weighted by Gasteiger charge is -2.13.